The fraction of sp³-hybridized carbons (Fsp3) is 0.0189. The van der Waals surface area contributed by atoms with Crippen LogP contribution in [0.4, 0.5) is 11.4 Å². The first kappa shape index (κ1) is 36.3. The van der Waals surface area contributed by atoms with Gasteiger partial charge in [-0.15, -0.1) is 0 Å². The van der Waals surface area contributed by atoms with E-state index in [4.69, 9.17) is 20.9 Å². The molecule has 0 spiro atoms. The van der Waals surface area contributed by atoms with Crippen molar-refractivity contribution in [3.05, 3.63) is 226 Å². The van der Waals surface area contributed by atoms with Crippen LogP contribution in [0.3, 0.4) is 0 Å². The number of aromatic hydroxyl groups is 2. The molecule has 0 heterocycles. The van der Waals surface area contributed by atoms with E-state index < -0.39 is 5.41 Å². The molecule has 6 N–H and O–H groups in total. The van der Waals surface area contributed by atoms with E-state index in [-0.39, 0.29) is 22.9 Å². The van der Waals surface area contributed by atoms with Crippen molar-refractivity contribution in [3.63, 3.8) is 0 Å². The number of ether oxygens (including phenoxy) is 2. The summed E-state index contributed by atoms with van der Waals surface area (Å²) in [6.07, 6.45) is 0. The van der Waals surface area contributed by atoms with Crippen LogP contribution < -0.4 is 20.9 Å². The Morgan fingerprint density at radius 2 is 0.780 bits per heavy atom. The first-order valence-corrected chi connectivity index (χ1v) is 19.0. The van der Waals surface area contributed by atoms with Crippen LogP contribution in [0.15, 0.2) is 182 Å². The molecule has 59 heavy (non-hydrogen) atoms. The van der Waals surface area contributed by atoms with Crippen LogP contribution in [0.5, 0.6) is 34.5 Å². The molecule has 1 aliphatic rings. The summed E-state index contributed by atoms with van der Waals surface area (Å²) >= 11 is 0. The van der Waals surface area contributed by atoms with E-state index in [2.05, 4.69) is 84.3 Å². The average Bonchev–Trinajstić information content (AvgIpc) is 3.58. The number of hydrogen-bond donors (Lipinski definition) is 4. The lowest BCUT2D eigenvalue weighted by Crippen LogP contribution is -2.30. The number of nitrogen functional groups attached to an aromatic ring is 2. The maximum absolute atomic E-state index is 10.0. The summed E-state index contributed by atoms with van der Waals surface area (Å²) in [5.74, 6) is 16.2. The summed E-state index contributed by atoms with van der Waals surface area (Å²) in [6.45, 7) is 0. The third-order valence-corrected chi connectivity index (χ3v) is 10.4. The van der Waals surface area contributed by atoms with Crippen LogP contribution in [0, 0.1) is 23.7 Å². The Balaban J connectivity index is 1.28. The Morgan fingerprint density at radius 1 is 0.390 bits per heavy atom. The monoisotopic (exact) mass is 764 g/mol. The summed E-state index contributed by atoms with van der Waals surface area (Å²) in [6, 6.07) is 58.3. The highest BCUT2D eigenvalue weighted by Gasteiger charge is 2.49. The van der Waals surface area contributed by atoms with Crippen LogP contribution in [-0.4, -0.2) is 10.2 Å². The molecule has 9 rings (SSSR count). The van der Waals surface area contributed by atoms with Crippen molar-refractivity contribution in [3.8, 4) is 69.3 Å². The zero-order valence-electron chi connectivity index (χ0n) is 31.7. The maximum atomic E-state index is 10.0. The predicted octanol–water partition coefficient (Wildman–Crippen LogP) is 11.0. The number of benzene rings is 8. The predicted molar refractivity (Wildman–Crippen MR) is 234 cm³/mol. The molecule has 0 bridgehead atoms. The van der Waals surface area contributed by atoms with Crippen LogP contribution in [0.2, 0.25) is 0 Å². The Labute approximate surface area is 342 Å². The molecule has 1 aliphatic carbocycles. The maximum Gasteiger partial charge on any atom is 0.138 e. The van der Waals surface area contributed by atoms with Crippen molar-refractivity contribution in [2.24, 2.45) is 0 Å². The minimum absolute atomic E-state index is 0.00541. The average molecular weight is 765 g/mol. The van der Waals surface area contributed by atoms with Gasteiger partial charge in [-0.25, -0.2) is 0 Å². The second-order valence-corrected chi connectivity index (χ2v) is 14.1. The van der Waals surface area contributed by atoms with Crippen molar-refractivity contribution in [2.75, 3.05) is 11.5 Å². The Kier molecular flexibility index (Phi) is 9.43. The first-order valence-electron chi connectivity index (χ1n) is 19.0. The zero-order chi connectivity index (χ0) is 40.3. The molecule has 0 radical (unpaired) electrons. The lowest BCUT2D eigenvalue weighted by Gasteiger charge is -2.35. The van der Waals surface area contributed by atoms with Gasteiger partial charge in [0.1, 0.15) is 34.5 Å². The number of nitrogens with two attached hydrogens (primary N) is 2. The zero-order valence-corrected chi connectivity index (χ0v) is 31.7. The van der Waals surface area contributed by atoms with Gasteiger partial charge in [0.15, 0.2) is 0 Å². The number of phenols is 2. The van der Waals surface area contributed by atoms with Gasteiger partial charge in [-0.1, -0.05) is 109 Å². The van der Waals surface area contributed by atoms with Crippen molar-refractivity contribution in [2.45, 2.75) is 5.41 Å². The molecule has 0 unspecified atom stereocenters. The van der Waals surface area contributed by atoms with Crippen molar-refractivity contribution < 1.29 is 19.7 Å². The van der Waals surface area contributed by atoms with Crippen molar-refractivity contribution >= 4 is 11.4 Å². The summed E-state index contributed by atoms with van der Waals surface area (Å²) in [4.78, 5) is 0. The largest absolute Gasteiger partial charge is 0.506 e. The van der Waals surface area contributed by atoms with E-state index in [0.29, 0.717) is 23.0 Å². The van der Waals surface area contributed by atoms with Gasteiger partial charge in [0, 0.05) is 34.4 Å². The van der Waals surface area contributed by atoms with Crippen LogP contribution >= 0.6 is 0 Å². The van der Waals surface area contributed by atoms with E-state index >= 15 is 0 Å². The molecule has 6 nitrogen and oxygen atoms in total. The summed E-state index contributed by atoms with van der Waals surface area (Å²) in [7, 11) is 0. The fourth-order valence-corrected chi connectivity index (χ4v) is 7.77. The molecule has 0 aliphatic heterocycles. The van der Waals surface area contributed by atoms with E-state index in [1.165, 1.54) is 12.1 Å². The molecule has 6 heteroatoms. The molecule has 8 aromatic carbocycles. The van der Waals surface area contributed by atoms with Crippen molar-refractivity contribution in [1.82, 2.24) is 0 Å². The van der Waals surface area contributed by atoms with E-state index in [0.717, 1.165) is 55.6 Å². The quantitative estimate of drug-likeness (QED) is 0.0762. The van der Waals surface area contributed by atoms with E-state index in [9.17, 15) is 10.2 Å². The minimum Gasteiger partial charge on any atom is -0.506 e. The summed E-state index contributed by atoms with van der Waals surface area (Å²) in [5.41, 5.74) is 21.2. The minimum atomic E-state index is -0.919. The van der Waals surface area contributed by atoms with Gasteiger partial charge >= 0.3 is 0 Å². The van der Waals surface area contributed by atoms with Gasteiger partial charge in [-0.2, -0.15) is 0 Å². The number of anilines is 2. The fourth-order valence-electron chi connectivity index (χ4n) is 7.77. The molecular weight excluding hydrogens is 729 g/mol. The van der Waals surface area contributed by atoms with Gasteiger partial charge in [0.2, 0.25) is 0 Å². The van der Waals surface area contributed by atoms with Gasteiger partial charge in [0.05, 0.1) is 16.8 Å². The first-order chi connectivity index (χ1) is 28.9. The molecule has 0 atom stereocenters. The molecule has 0 saturated carbocycles. The number of rotatable bonds is 6. The molecule has 8 aromatic rings. The smallest absolute Gasteiger partial charge is 0.138 e. The Hall–Kier alpha value is -8.32. The number of hydrogen-bond acceptors (Lipinski definition) is 6. The van der Waals surface area contributed by atoms with Crippen molar-refractivity contribution in [1.29, 1.82) is 0 Å². The van der Waals surface area contributed by atoms with Gasteiger partial charge in [-0.05, 0) is 118 Å². The number of fused-ring (bicyclic) bond motifs is 3. The normalized spacial score (nSPS) is 11.9. The second-order valence-electron chi connectivity index (χ2n) is 14.1. The van der Waals surface area contributed by atoms with E-state index in [1.807, 2.05) is 84.9 Å². The number of phenolic OH excluding ortho intramolecular Hbond substituents is 2. The molecule has 0 saturated heterocycles. The third kappa shape index (κ3) is 6.93. The highest BCUT2D eigenvalue weighted by atomic mass is 16.5. The van der Waals surface area contributed by atoms with Gasteiger partial charge in [-0.3, -0.25) is 0 Å². The molecule has 0 amide bonds. The second kappa shape index (κ2) is 15.3. The molecular formula is C53H36N2O4. The SMILES string of the molecule is Nc1cc(Oc2ccc(C3(c4ccc(Oc5ccc(O)c(N)c5)cc4)c4c(C#Cc5ccccc5)cccc4-c4cccc(C#Cc5ccccc5)c43)cc2)ccc1O. The third-order valence-electron chi connectivity index (χ3n) is 10.4. The van der Waals surface area contributed by atoms with E-state index in [1.54, 1.807) is 24.3 Å². The highest BCUT2D eigenvalue weighted by molar-refractivity contribution is 5.90. The standard InChI is InChI=1S/C53H36N2O4/c54-47-33-43(29-31-49(47)56)58-41-25-21-39(22-26-41)53(40-23-27-42(28-24-40)59-44-30-32-50(57)48(55)34-44)51-37(19-17-35-9-3-1-4-10-35)13-7-15-45(51)46-16-8-14-38(52(46)53)20-18-36-11-5-2-6-12-36/h1-16,21-34,56-57H,54-55H2. The van der Waals surface area contributed by atoms with Crippen LogP contribution in [0.1, 0.15) is 44.5 Å². The molecule has 0 fully saturated rings. The Bertz CT molecular complexity index is 2770. The van der Waals surface area contributed by atoms with Gasteiger partial charge in [0.25, 0.3) is 0 Å². The summed E-state index contributed by atoms with van der Waals surface area (Å²) in [5, 5.41) is 20.0. The van der Waals surface area contributed by atoms with Crippen LogP contribution in [0.25, 0.3) is 11.1 Å². The highest BCUT2D eigenvalue weighted by Crippen LogP contribution is 2.58. The lowest BCUT2D eigenvalue weighted by atomic mass is 9.65. The topological polar surface area (TPSA) is 111 Å². The summed E-state index contributed by atoms with van der Waals surface area (Å²) < 4.78 is 12.5. The molecule has 0 aromatic heterocycles. The lowest BCUT2D eigenvalue weighted by molar-refractivity contribution is 0.466. The Morgan fingerprint density at radius 3 is 1.17 bits per heavy atom. The van der Waals surface area contributed by atoms with Crippen LogP contribution in [-0.2, 0) is 5.41 Å². The molecule has 282 valence electrons. The van der Waals surface area contributed by atoms with Gasteiger partial charge < -0.3 is 31.2 Å².